The van der Waals surface area contributed by atoms with Gasteiger partial charge < -0.3 is 10.8 Å². The molecule has 0 spiro atoms. The van der Waals surface area contributed by atoms with E-state index in [1.165, 1.54) is 11.2 Å². The first-order valence-corrected chi connectivity index (χ1v) is 8.26. The van der Waals surface area contributed by atoms with Gasteiger partial charge in [-0.25, -0.2) is 12.8 Å². The van der Waals surface area contributed by atoms with Gasteiger partial charge in [0.05, 0.1) is 10.6 Å². The third-order valence-electron chi connectivity index (χ3n) is 3.38. The van der Waals surface area contributed by atoms with Crippen molar-refractivity contribution >= 4 is 15.7 Å². The minimum atomic E-state index is -3.80. The summed E-state index contributed by atoms with van der Waals surface area (Å²) in [6, 6.07) is 0.867. The zero-order valence-electron chi connectivity index (χ0n) is 12.9. The van der Waals surface area contributed by atoms with Crippen molar-refractivity contribution in [3.63, 3.8) is 0 Å². The van der Waals surface area contributed by atoms with E-state index in [9.17, 15) is 12.8 Å². The Bertz CT molecular complexity index is 615. The van der Waals surface area contributed by atoms with E-state index in [0.29, 0.717) is 12.0 Å². The second-order valence-corrected chi connectivity index (χ2v) is 7.16. The summed E-state index contributed by atoms with van der Waals surface area (Å²) in [6.45, 7) is 6.67. The van der Waals surface area contributed by atoms with Gasteiger partial charge in [0.1, 0.15) is 5.82 Å². The van der Waals surface area contributed by atoms with Gasteiger partial charge in [-0.2, -0.15) is 4.31 Å². The van der Waals surface area contributed by atoms with Crippen molar-refractivity contribution in [2.75, 3.05) is 18.9 Å². The topological polar surface area (TPSA) is 83.6 Å². The number of benzene rings is 1. The molecule has 0 aliphatic rings. The summed E-state index contributed by atoms with van der Waals surface area (Å²) in [5, 5.41) is 8.93. The molecule has 0 aliphatic carbocycles. The van der Waals surface area contributed by atoms with E-state index in [4.69, 9.17) is 10.8 Å². The number of aryl methyl sites for hydroxylation is 1. The van der Waals surface area contributed by atoms with Gasteiger partial charge in [0, 0.05) is 19.2 Å². The molecule has 0 aliphatic heterocycles. The highest BCUT2D eigenvalue weighted by Gasteiger charge is 2.30. The van der Waals surface area contributed by atoms with E-state index in [2.05, 4.69) is 0 Å². The van der Waals surface area contributed by atoms with Crippen LogP contribution in [0.15, 0.2) is 11.0 Å². The van der Waals surface area contributed by atoms with E-state index in [1.54, 1.807) is 20.8 Å². The molecule has 0 heterocycles. The highest BCUT2D eigenvalue weighted by atomic mass is 32.2. The quantitative estimate of drug-likeness (QED) is 0.784. The monoisotopic (exact) mass is 318 g/mol. The van der Waals surface area contributed by atoms with Crippen LogP contribution in [-0.2, 0) is 10.0 Å². The van der Waals surface area contributed by atoms with Gasteiger partial charge >= 0.3 is 0 Å². The summed E-state index contributed by atoms with van der Waals surface area (Å²) in [6.07, 6.45) is 0.339. The molecule has 0 bridgehead atoms. The van der Waals surface area contributed by atoms with Crippen LogP contribution in [0.2, 0.25) is 0 Å². The Labute approximate surface area is 125 Å². The largest absolute Gasteiger partial charge is 0.396 e. The number of aliphatic hydroxyl groups is 1. The predicted molar refractivity (Wildman–Crippen MR) is 81.0 cm³/mol. The summed E-state index contributed by atoms with van der Waals surface area (Å²) in [4.78, 5) is 0.0491. The van der Waals surface area contributed by atoms with Gasteiger partial charge in [0.25, 0.3) is 0 Å². The van der Waals surface area contributed by atoms with Crippen LogP contribution in [0.3, 0.4) is 0 Å². The minimum absolute atomic E-state index is 0.0491. The van der Waals surface area contributed by atoms with E-state index in [0.717, 1.165) is 6.07 Å². The van der Waals surface area contributed by atoms with Crippen molar-refractivity contribution in [2.45, 2.75) is 45.1 Å². The number of rotatable bonds is 6. The number of sulfonamides is 1. The lowest BCUT2D eigenvalue weighted by Crippen LogP contribution is -2.38. The van der Waals surface area contributed by atoms with Gasteiger partial charge in [-0.15, -0.1) is 0 Å². The Balaban J connectivity index is 3.45. The first-order valence-electron chi connectivity index (χ1n) is 6.82. The van der Waals surface area contributed by atoms with Crippen molar-refractivity contribution in [1.29, 1.82) is 0 Å². The third kappa shape index (κ3) is 3.53. The molecular weight excluding hydrogens is 295 g/mol. The normalized spacial score (nSPS) is 12.4. The van der Waals surface area contributed by atoms with Gasteiger partial charge in [0.15, 0.2) is 0 Å². The molecule has 0 amide bonds. The molecule has 5 nitrogen and oxygen atoms in total. The summed E-state index contributed by atoms with van der Waals surface area (Å²) in [5.74, 6) is -0.615. The SMILES string of the molecule is Cc1cc(F)c(N)c(C)c1S(=O)(=O)N(CCCO)C(C)C. The number of halogens is 1. The third-order valence-corrected chi connectivity index (χ3v) is 5.75. The highest BCUT2D eigenvalue weighted by Crippen LogP contribution is 2.30. The Morgan fingerprint density at radius 1 is 1.38 bits per heavy atom. The van der Waals surface area contributed by atoms with Crippen LogP contribution in [0.25, 0.3) is 0 Å². The Kier molecular flexibility index (Phi) is 5.72. The standard InChI is InChI=1S/C14H23FN2O3S/c1-9(2)17(6-5-7-18)21(19,20)14-10(3)8-12(15)13(16)11(14)4/h8-9,18H,5-7,16H2,1-4H3. The molecule has 0 fully saturated rings. The average Bonchev–Trinajstić information content (AvgIpc) is 2.35. The molecule has 1 rings (SSSR count). The Morgan fingerprint density at radius 3 is 2.43 bits per heavy atom. The molecule has 0 saturated heterocycles. The van der Waals surface area contributed by atoms with Crippen LogP contribution in [0, 0.1) is 19.7 Å². The molecule has 120 valence electrons. The number of nitrogens with two attached hydrogens (primary N) is 1. The number of nitrogen functional groups attached to an aromatic ring is 1. The average molecular weight is 318 g/mol. The van der Waals surface area contributed by atoms with Crippen LogP contribution >= 0.6 is 0 Å². The van der Waals surface area contributed by atoms with Crippen LogP contribution in [-0.4, -0.2) is 37.0 Å². The number of nitrogens with zero attached hydrogens (tertiary/aromatic N) is 1. The van der Waals surface area contributed by atoms with Gasteiger partial charge in [0.2, 0.25) is 10.0 Å². The van der Waals surface area contributed by atoms with Crippen molar-refractivity contribution in [3.8, 4) is 0 Å². The Morgan fingerprint density at radius 2 is 1.95 bits per heavy atom. The van der Waals surface area contributed by atoms with Crippen molar-refractivity contribution in [1.82, 2.24) is 4.31 Å². The number of hydrogen-bond donors (Lipinski definition) is 2. The summed E-state index contributed by atoms with van der Waals surface area (Å²) in [7, 11) is -3.80. The predicted octanol–water partition coefficient (Wildman–Crippen LogP) is 1.81. The number of aliphatic hydroxyl groups excluding tert-OH is 1. The summed E-state index contributed by atoms with van der Waals surface area (Å²) in [5.41, 5.74) is 6.03. The second kappa shape index (κ2) is 6.72. The van der Waals surface area contributed by atoms with Crippen LogP contribution < -0.4 is 5.73 Å². The van der Waals surface area contributed by atoms with Crippen LogP contribution in [0.1, 0.15) is 31.4 Å². The van der Waals surface area contributed by atoms with Crippen molar-refractivity contribution in [2.24, 2.45) is 0 Å². The summed E-state index contributed by atoms with van der Waals surface area (Å²) < 4.78 is 40.6. The molecule has 0 unspecified atom stereocenters. The van der Waals surface area contributed by atoms with Crippen molar-refractivity contribution in [3.05, 3.63) is 23.0 Å². The van der Waals surface area contributed by atoms with Gasteiger partial charge in [-0.1, -0.05) is 0 Å². The zero-order chi connectivity index (χ0) is 16.4. The maximum atomic E-state index is 13.6. The fraction of sp³-hybridized carbons (Fsp3) is 0.571. The van der Waals surface area contributed by atoms with E-state index in [-0.39, 0.29) is 35.3 Å². The molecule has 0 aromatic heterocycles. The second-order valence-electron chi connectivity index (χ2n) is 5.33. The maximum absolute atomic E-state index is 13.6. The smallest absolute Gasteiger partial charge is 0.243 e. The van der Waals surface area contributed by atoms with Crippen LogP contribution in [0.5, 0.6) is 0 Å². The molecule has 1 aromatic carbocycles. The Hall–Kier alpha value is -1.18. The molecule has 3 N–H and O–H groups in total. The molecule has 0 atom stereocenters. The zero-order valence-corrected chi connectivity index (χ0v) is 13.7. The summed E-state index contributed by atoms with van der Waals surface area (Å²) >= 11 is 0. The van der Waals surface area contributed by atoms with Gasteiger partial charge in [-0.05, 0) is 51.3 Å². The fourth-order valence-corrected chi connectivity index (χ4v) is 4.45. The van der Waals surface area contributed by atoms with E-state index < -0.39 is 15.8 Å². The maximum Gasteiger partial charge on any atom is 0.243 e. The van der Waals surface area contributed by atoms with E-state index >= 15 is 0 Å². The molecule has 7 heteroatoms. The number of hydrogen-bond acceptors (Lipinski definition) is 4. The highest BCUT2D eigenvalue weighted by molar-refractivity contribution is 7.89. The lowest BCUT2D eigenvalue weighted by molar-refractivity contribution is 0.258. The lowest BCUT2D eigenvalue weighted by Gasteiger charge is -2.27. The van der Waals surface area contributed by atoms with Crippen molar-refractivity contribution < 1.29 is 17.9 Å². The first kappa shape index (κ1) is 17.9. The molecule has 21 heavy (non-hydrogen) atoms. The van der Waals surface area contributed by atoms with E-state index in [1.807, 2.05) is 0 Å². The lowest BCUT2D eigenvalue weighted by atomic mass is 10.1. The molecule has 0 saturated carbocycles. The molecular formula is C14H23FN2O3S. The van der Waals surface area contributed by atoms with Crippen LogP contribution in [0.4, 0.5) is 10.1 Å². The minimum Gasteiger partial charge on any atom is -0.396 e. The molecule has 0 radical (unpaired) electrons. The van der Waals surface area contributed by atoms with Gasteiger partial charge in [-0.3, -0.25) is 0 Å². The number of anilines is 1. The first-order chi connectivity index (χ1) is 9.64. The molecule has 1 aromatic rings. The fourth-order valence-electron chi connectivity index (χ4n) is 2.33.